The minimum absolute atomic E-state index is 0.103. The number of aryl methyl sites for hydroxylation is 2. The van der Waals surface area contributed by atoms with Crippen LogP contribution in [0.25, 0.3) is 6.08 Å². The standard InChI is InChI=1S/C16H12INO2S2/c1-9-3-5-12(10(2)7-9)18-15(19)13(22-16(18)21)8-11-4-6-14(17)20-11/h3-8H,1-2H3/b13-8+. The van der Waals surface area contributed by atoms with E-state index in [2.05, 4.69) is 22.6 Å². The molecule has 0 aliphatic carbocycles. The molecule has 0 radical (unpaired) electrons. The van der Waals surface area contributed by atoms with Crippen LogP contribution in [0.2, 0.25) is 0 Å². The van der Waals surface area contributed by atoms with Gasteiger partial charge in [0.1, 0.15) is 5.76 Å². The van der Waals surface area contributed by atoms with E-state index < -0.39 is 0 Å². The number of halogens is 1. The van der Waals surface area contributed by atoms with Gasteiger partial charge in [-0.05, 0) is 60.2 Å². The van der Waals surface area contributed by atoms with Crippen molar-refractivity contribution in [3.05, 3.63) is 55.9 Å². The van der Waals surface area contributed by atoms with Crippen molar-refractivity contribution in [3.63, 3.8) is 0 Å². The van der Waals surface area contributed by atoms with Gasteiger partial charge in [0, 0.05) is 6.08 Å². The van der Waals surface area contributed by atoms with Gasteiger partial charge in [0.15, 0.2) is 8.09 Å². The molecule has 0 N–H and O–H groups in total. The number of anilines is 1. The zero-order valence-corrected chi connectivity index (χ0v) is 15.7. The molecule has 1 aliphatic rings. The van der Waals surface area contributed by atoms with Gasteiger partial charge in [-0.25, -0.2) is 0 Å². The van der Waals surface area contributed by atoms with Gasteiger partial charge in [0.2, 0.25) is 0 Å². The van der Waals surface area contributed by atoms with Gasteiger partial charge in [-0.2, -0.15) is 0 Å². The third kappa shape index (κ3) is 3.00. The molecule has 1 amide bonds. The second-order valence-electron chi connectivity index (χ2n) is 4.95. The summed E-state index contributed by atoms with van der Waals surface area (Å²) in [4.78, 5) is 14.8. The quantitative estimate of drug-likeness (QED) is 0.377. The monoisotopic (exact) mass is 441 g/mol. The van der Waals surface area contributed by atoms with Crippen molar-refractivity contribution in [1.29, 1.82) is 0 Å². The Labute approximate surface area is 151 Å². The van der Waals surface area contributed by atoms with Crippen LogP contribution in [0.5, 0.6) is 0 Å². The average molecular weight is 441 g/mol. The Hall–Kier alpha value is -1.12. The normalized spacial score (nSPS) is 16.9. The second kappa shape index (κ2) is 6.17. The zero-order chi connectivity index (χ0) is 15.9. The smallest absolute Gasteiger partial charge is 0.270 e. The fourth-order valence-corrected chi connectivity index (χ4v) is 3.97. The molecule has 2 aromatic rings. The maximum atomic E-state index is 12.7. The van der Waals surface area contributed by atoms with Gasteiger partial charge < -0.3 is 4.42 Å². The summed E-state index contributed by atoms with van der Waals surface area (Å²) in [6, 6.07) is 9.67. The highest BCUT2D eigenvalue weighted by Gasteiger charge is 2.34. The Balaban J connectivity index is 1.96. The molecule has 3 rings (SSSR count). The molecule has 1 aliphatic heterocycles. The predicted molar refractivity (Wildman–Crippen MR) is 103 cm³/mol. The topological polar surface area (TPSA) is 33.5 Å². The lowest BCUT2D eigenvalue weighted by Gasteiger charge is -2.17. The van der Waals surface area contributed by atoms with Crippen molar-refractivity contribution in [1.82, 2.24) is 0 Å². The number of hydrogen-bond donors (Lipinski definition) is 0. The van der Waals surface area contributed by atoms with Crippen molar-refractivity contribution in [2.24, 2.45) is 0 Å². The first kappa shape index (κ1) is 15.8. The molecule has 112 valence electrons. The third-order valence-electron chi connectivity index (χ3n) is 3.25. The number of nitrogens with zero attached hydrogens (tertiary/aromatic N) is 1. The van der Waals surface area contributed by atoms with E-state index in [1.807, 2.05) is 44.2 Å². The number of carbonyl (C=O) groups is 1. The molecule has 6 heteroatoms. The summed E-state index contributed by atoms with van der Waals surface area (Å²) in [6.07, 6.45) is 1.74. The van der Waals surface area contributed by atoms with Crippen LogP contribution in [-0.2, 0) is 4.79 Å². The molecule has 0 saturated carbocycles. The zero-order valence-electron chi connectivity index (χ0n) is 11.9. The van der Waals surface area contributed by atoms with Crippen LogP contribution >= 0.6 is 46.6 Å². The molecule has 0 bridgehead atoms. The van der Waals surface area contributed by atoms with Crippen LogP contribution < -0.4 is 4.90 Å². The molecular weight excluding hydrogens is 429 g/mol. The highest BCUT2D eigenvalue weighted by atomic mass is 127. The molecule has 1 saturated heterocycles. The summed E-state index contributed by atoms with van der Waals surface area (Å²) in [5.74, 6) is 0.555. The van der Waals surface area contributed by atoms with E-state index in [-0.39, 0.29) is 5.91 Å². The number of rotatable bonds is 2. The minimum atomic E-state index is -0.103. The molecule has 0 spiro atoms. The molecule has 0 atom stereocenters. The fourth-order valence-electron chi connectivity index (χ4n) is 2.27. The van der Waals surface area contributed by atoms with Gasteiger partial charge in [0.25, 0.3) is 5.91 Å². The van der Waals surface area contributed by atoms with Crippen molar-refractivity contribution < 1.29 is 9.21 Å². The van der Waals surface area contributed by atoms with Crippen LogP contribution in [0.1, 0.15) is 16.9 Å². The van der Waals surface area contributed by atoms with Crippen LogP contribution in [0.4, 0.5) is 5.69 Å². The van der Waals surface area contributed by atoms with Crippen LogP contribution in [-0.4, -0.2) is 10.2 Å². The lowest BCUT2D eigenvalue weighted by molar-refractivity contribution is -0.113. The summed E-state index contributed by atoms with van der Waals surface area (Å²) in [6.45, 7) is 4.01. The average Bonchev–Trinajstić information content (AvgIpc) is 2.96. The molecule has 0 unspecified atom stereocenters. The largest absolute Gasteiger partial charge is 0.451 e. The lowest BCUT2D eigenvalue weighted by Crippen LogP contribution is -2.28. The van der Waals surface area contributed by atoms with Crippen LogP contribution in [0.3, 0.4) is 0 Å². The Bertz CT molecular complexity index is 810. The molecule has 1 aromatic heterocycles. The van der Waals surface area contributed by atoms with Gasteiger partial charge in [0.05, 0.1) is 10.6 Å². The second-order valence-corrected chi connectivity index (χ2v) is 7.69. The SMILES string of the molecule is Cc1ccc(N2C(=O)/C(=C\c3ccc(I)o3)SC2=S)c(C)c1. The van der Waals surface area contributed by atoms with Crippen LogP contribution in [0.15, 0.2) is 39.7 Å². The van der Waals surface area contributed by atoms with E-state index in [0.717, 1.165) is 20.6 Å². The number of amides is 1. The number of thioether (sulfide) groups is 1. The molecule has 2 heterocycles. The summed E-state index contributed by atoms with van der Waals surface area (Å²) in [7, 11) is 0. The molecule has 3 nitrogen and oxygen atoms in total. The Morgan fingerprint density at radius 1 is 1.27 bits per heavy atom. The maximum absolute atomic E-state index is 12.7. The highest BCUT2D eigenvalue weighted by Crippen LogP contribution is 2.37. The Kier molecular flexibility index (Phi) is 4.42. The van der Waals surface area contributed by atoms with E-state index in [1.54, 1.807) is 11.0 Å². The van der Waals surface area contributed by atoms with Gasteiger partial charge in [-0.1, -0.05) is 41.7 Å². The summed E-state index contributed by atoms with van der Waals surface area (Å²) >= 11 is 8.78. The number of carbonyl (C=O) groups excluding carboxylic acids is 1. The van der Waals surface area contributed by atoms with Gasteiger partial charge in [-0.15, -0.1) is 0 Å². The first-order chi connectivity index (χ1) is 10.5. The van der Waals surface area contributed by atoms with Crippen molar-refractivity contribution in [3.8, 4) is 0 Å². The van der Waals surface area contributed by atoms with E-state index >= 15 is 0 Å². The van der Waals surface area contributed by atoms with Crippen molar-refractivity contribution >= 4 is 68.6 Å². The molecule has 1 aromatic carbocycles. The predicted octanol–water partition coefficient (Wildman–Crippen LogP) is 4.91. The number of hydrogen-bond acceptors (Lipinski definition) is 4. The maximum Gasteiger partial charge on any atom is 0.270 e. The first-order valence-corrected chi connectivity index (χ1v) is 8.86. The molecule has 22 heavy (non-hydrogen) atoms. The highest BCUT2D eigenvalue weighted by molar-refractivity contribution is 14.1. The van der Waals surface area contributed by atoms with Crippen molar-refractivity contribution in [2.75, 3.05) is 4.90 Å². The van der Waals surface area contributed by atoms with Crippen LogP contribution in [0, 0.1) is 17.6 Å². The van der Waals surface area contributed by atoms with E-state index in [0.29, 0.717) is 15.0 Å². The summed E-state index contributed by atoms with van der Waals surface area (Å²) in [5.41, 5.74) is 3.03. The number of furan rings is 1. The third-order valence-corrected chi connectivity index (χ3v) is 5.14. The van der Waals surface area contributed by atoms with Crippen molar-refractivity contribution in [2.45, 2.75) is 13.8 Å². The fraction of sp³-hybridized carbons (Fsp3) is 0.125. The molecule has 1 fully saturated rings. The van der Waals surface area contributed by atoms with Gasteiger partial charge >= 0.3 is 0 Å². The number of thiocarbonyl (C=S) groups is 1. The van der Waals surface area contributed by atoms with E-state index in [4.69, 9.17) is 16.6 Å². The minimum Gasteiger partial charge on any atom is -0.451 e. The number of benzene rings is 1. The van der Waals surface area contributed by atoms with Gasteiger partial charge in [-0.3, -0.25) is 9.69 Å². The summed E-state index contributed by atoms with van der Waals surface area (Å²) < 4.78 is 6.82. The van der Waals surface area contributed by atoms with E-state index in [1.165, 1.54) is 11.8 Å². The van der Waals surface area contributed by atoms with E-state index in [9.17, 15) is 4.79 Å². The lowest BCUT2D eigenvalue weighted by atomic mass is 10.1. The molecular formula is C16H12INO2S2. The Morgan fingerprint density at radius 3 is 2.68 bits per heavy atom. The first-order valence-electron chi connectivity index (χ1n) is 6.56. The summed E-state index contributed by atoms with van der Waals surface area (Å²) in [5, 5.41) is 0. The Morgan fingerprint density at radius 2 is 2.05 bits per heavy atom.